The van der Waals surface area contributed by atoms with Gasteiger partial charge in [-0.05, 0) is 19.3 Å². The molecule has 1 aliphatic carbocycles. The number of nitrogens with zero attached hydrogens (tertiary/aromatic N) is 1. The van der Waals surface area contributed by atoms with E-state index in [0.717, 1.165) is 12.8 Å². The monoisotopic (exact) mass is 288 g/mol. The highest BCUT2D eigenvalue weighted by Gasteiger charge is 2.30. The maximum absolute atomic E-state index is 12.1. The van der Waals surface area contributed by atoms with Crippen molar-refractivity contribution in [1.29, 1.82) is 0 Å². The van der Waals surface area contributed by atoms with E-state index in [4.69, 9.17) is 0 Å². The molecule has 0 aromatic heterocycles. The summed E-state index contributed by atoms with van der Waals surface area (Å²) in [7, 11) is -1.10. The zero-order chi connectivity index (χ0) is 13.9. The molecule has 110 valence electrons. The van der Waals surface area contributed by atoms with E-state index in [9.17, 15) is 13.2 Å². The fraction of sp³-hybridized carbons (Fsp3) is 0.923. The molecule has 0 spiro atoms. The third kappa shape index (κ3) is 4.09. The Labute approximate surface area is 115 Å². The van der Waals surface area contributed by atoms with E-state index in [1.807, 2.05) is 7.05 Å². The number of carbonyl (C=O) groups excluding carboxylic acids is 1. The zero-order valence-corrected chi connectivity index (χ0v) is 12.4. The second kappa shape index (κ2) is 6.11. The fourth-order valence-corrected chi connectivity index (χ4v) is 4.67. The predicted octanol–water partition coefficient (Wildman–Crippen LogP) is 1.54. The molecule has 0 radical (unpaired) electrons. The van der Waals surface area contributed by atoms with Crippen molar-refractivity contribution in [2.75, 3.05) is 18.6 Å². The summed E-state index contributed by atoms with van der Waals surface area (Å²) in [6.07, 6.45) is 7.55. The van der Waals surface area contributed by atoms with Crippen LogP contribution < -0.4 is 5.32 Å². The van der Waals surface area contributed by atoms with Gasteiger partial charge in [-0.2, -0.15) is 0 Å². The largest absolute Gasteiger partial charge is 0.334 e. The first-order valence-electron chi connectivity index (χ1n) is 7.22. The topological polar surface area (TPSA) is 66.5 Å². The number of carbonyl (C=O) groups is 1. The van der Waals surface area contributed by atoms with Crippen LogP contribution in [0.1, 0.15) is 44.9 Å². The van der Waals surface area contributed by atoms with Gasteiger partial charge in [0.25, 0.3) is 0 Å². The summed E-state index contributed by atoms with van der Waals surface area (Å²) in [5.41, 5.74) is 0. The van der Waals surface area contributed by atoms with Gasteiger partial charge in [-0.15, -0.1) is 0 Å². The molecule has 1 saturated carbocycles. The Bertz CT molecular complexity index is 414. The first kappa shape index (κ1) is 14.6. The molecule has 0 aromatic carbocycles. The van der Waals surface area contributed by atoms with Crippen molar-refractivity contribution in [3.8, 4) is 0 Å². The van der Waals surface area contributed by atoms with Gasteiger partial charge in [-0.25, -0.2) is 13.2 Å². The zero-order valence-electron chi connectivity index (χ0n) is 11.6. The average Bonchev–Trinajstić information content (AvgIpc) is 2.59. The van der Waals surface area contributed by atoms with Gasteiger partial charge in [0.05, 0.1) is 11.5 Å². The standard InChI is InChI=1S/C13H24N2O3S/c1-15(12-6-4-2-3-5-7-12)13(16)14-11-8-9-19(17,18)10-11/h11-12H,2-10H2,1H3,(H,14,16)/t11-/m0/s1. The summed E-state index contributed by atoms with van der Waals surface area (Å²) >= 11 is 0. The Morgan fingerprint density at radius 3 is 2.26 bits per heavy atom. The highest BCUT2D eigenvalue weighted by atomic mass is 32.2. The summed E-state index contributed by atoms with van der Waals surface area (Å²) in [6.45, 7) is 0. The van der Waals surface area contributed by atoms with Crippen LogP contribution in [0, 0.1) is 0 Å². The third-order valence-corrected chi connectivity index (χ3v) is 6.02. The van der Waals surface area contributed by atoms with E-state index >= 15 is 0 Å². The molecule has 5 nitrogen and oxygen atoms in total. The van der Waals surface area contributed by atoms with Crippen molar-refractivity contribution in [2.24, 2.45) is 0 Å². The van der Waals surface area contributed by atoms with Gasteiger partial charge in [0, 0.05) is 19.1 Å². The molecular formula is C13H24N2O3S. The molecule has 0 aromatic rings. The summed E-state index contributed by atoms with van der Waals surface area (Å²) in [5, 5.41) is 2.86. The molecule has 1 saturated heterocycles. The van der Waals surface area contributed by atoms with Crippen LogP contribution in [0.2, 0.25) is 0 Å². The third-order valence-electron chi connectivity index (χ3n) is 4.25. The summed E-state index contributed by atoms with van der Waals surface area (Å²) in [5.74, 6) is 0.294. The van der Waals surface area contributed by atoms with Crippen molar-refractivity contribution in [2.45, 2.75) is 57.0 Å². The highest BCUT2D eigenvalue weighted by Crippen LogP contribution is 2.21. The van der Waals surface area contributed by atoms with Crippen LogP contribution in [0.3, 0.4) is 0 Å². The van der Waals surface area contributed by atoms with Crippen LogP contribution in [0.5, 0.6) is 0 Å². The molecule has 2 aliphatic rings. The molecule has 1 aliphatic heterocycles. The highest BCUT2D eigenvalue weighted by molar-refractivity contribution is 7.91. The number of urea groups is 1. The van der Waals surface area contributed by atoms with Crippen LogP contribution >= 0.6 is 0 Å². The summed E-state index contributed by atoms with van der Waals surface area (Å²) in [4.78, 5) is 13.9. The molecule has 19 heavy (non-hydrogen) atoms. The van der Waals surface area contributed by atoms with E-state index in [2.05, 4.69) is 5.32 Å². The SMILES string of the molecule is CN(C(=O)N[C@H]1CCS(=O)(=O)C1)C1CCCCCC1. The lowest BCUT2D eigenvalue weighted by atomic mass is 10.1. The Kier molecular flexibility index (Phi) is 4.71. The van der Waals surface area contributed by atoms with Crippen molar-refractivity contribution in [3.63, 3.8) is 0 Å². The van der Waals surface area contributed by atoms with Crippen LogP contribution in [0.4, 0.5) is 4.79 Å². The molecule has 2 fully saturated rings. The second-order valence-electron chi connectivity index (χ2n) is 5.81. The quantitative estimate of drug-likeness (QED) is 0.784. The van der Waals surface area contributed by atoms with Gasteiger partial charge in [0.2, 0.25) is 0 Å². The van der Waals surface area contributed by atoms with Crippen LogP contribution in [0.15, 0.2) is 0 Å². The molecular weight excluding hydrogens is 264 g/mol. The van der Waals surface area contributed by atoms with E-state index in [1.54, 1.807) is 4.90 Å². The lowest BCUT2D eigenvalue weighted by molar-refractivity contribution is 0.181. The van der Waals surface area contributed by atoms with Gasteiger partial charge in [-0.1, -0.05) is 25.7 Å². The predicted molar refractivity (Wildman–Crippen MR) is 74.8 cm³/mol. The number of hydrogen-bond donors (Lipinski definition) is 1. The molecule has 1 heterocycles. The molecule has 1 N–H and O–H groups in total. The molecule has 2 rings (SSSR count). The van der Waals surface area contributed by atoms with Gasteiger partial charge in [0.15, 0.2) is 9.84 Å². The van der Waals surface area contributed by atoms with Crippen molar-refractivity contribution < 1.29 is 13.2 Å². The number of hydrogen-bond acceptors (Lipinski definition) is 3. The number of amides is 2. The van der Waals surface area contributed by atoms with E-state index < -0.39 is 9.84 Å². The van der Waals surface area contributed by atoms with E-state index in [1.165, 1.54) is 25.7 Å². The summed E-state index contributed by atoms with van der Waals surface area (Å²) < 4.78 is 22.7. The lowest BCUT2D eigenvalue weighted by Crippen LogP contribution is -2.47. The second-order valence-corrected chi connectivity index (χ2v) is 8.03. The smallest absolute Gasteiger partial charge is 0.317 e. The van der Waals surface area contributed by atoms with E-state index in [0.29, 0.717) is 12.5 Å². The molecule has 0 bridgehead atoms. The van der Waals surface area contributed by atoms with Crippen molar-refractivity contribution in [3.05, 3.63) is 0 Å². The number of nitrogens with one attached hydrogen (secondary N) is 1. The van der Waals surface area contributed by atoms with Gasteiger partial charge >= 0.3 is 6.03 Å². The summed E-state index contributed by atoms with van der Waals surface area (Å²) in [6, 6.07) is -0.0137. The molecule has 2 amide bonds. The first-order valence-corrected chi connectivity index (χ1v) is 9.04. The molecule has 6 heteroatoms. The Balaban J connectivity index is 1.85. The lowest BCUT2D eigenvalue weighted by Gasteiger charge is -2.28. The van der Waals surface area contributed by atoms with Gasteiger partial charge in [0.1, 0.15) is 0 Å². The van der Waals surface area contributed by atoms with Crippen LogP contribution in [-0.4, -0.2) is 50.0 Å². The fourth-order valence-electron chi connectivity index (χ4n) is 3.00. The minimum Gasteiger partial charge on any atom is -0.334 e. The minimum absolute atomic E-state index is 0.0945. The maximum Gasteiger partial charge on any atom is 0.317 e. The van der Waals surface area contributed by atoms with Crippen molar-refractivity contribution in [1.82, 2.24) is 10.2 Å². The van der Waals surface area contributed by atoms with Gasteiger partial charge < -0.3 is 10.2 Å². The van der Waals surface area contributed by atoms with Crippen molar-refractivity contribution >= 4 is 15.9 Å². The average molecular weight is 288 g/mol. The number of rotatable bonds is 2. The maximum atomic E-state index is 12.1. The Hall–Kier alpha value is -0.780. The van der Waals surface area contributed by atoms with Crippen LogP contribution in [-0.2, 0) is 9.84 Å². The van der Waals surface area contributed by atoms with E-state index in [-0.39, 0.29) is 23.6 Å². The minimum atomic E-state index is -2.93. The Morgan fingerprint density at radius 2 is 1.74 bits per heavy atom. The molecule has 0 unspecified atom stereocenters. The van der Waals surface area contributed by atoms with Gasteiger partial charge in [-0.3, -0.25) is 0 Å². The van der Waals surface area contributed by atoms with Crippen LogP contribution in [0.25, 0.3) is 0 Å². The number of sulfone groups is 1. The molecule has 1 atom stereocenters. The first-order chi connectivity index (χ1) is 8.98. The normalized spacial score (nSPS) is 27.7. The Morgan fingerprint density at radius 1 is 1.11 bits per heavy atom.